The quantitative estimate of drug-likeness (QED) is 0.469. The average Bonchev–Trinajstić information content (AvgIpc) is 3.31. The van der Waals surface area contributed by atoms with Crippen LogP contribution in [0.4, 0.5) is 0 Å². The van der Waals surface area contributed by atoms with Crippen LogP contribution < -0.4 is 9.47 Å². The fourth-order valence-corrected chi connectivity index (χ4v) is 4.06. The number of hydrogen-bond acceptors (Lipinski definition) is 7. The van der Waals surface area contributed by atoms with Gasteiger partial charge in [-0.2, -0.15) is 4.98 Å². The summed E-state index contributed by atoms with van der Waals surface area (Å²) in [7, 11) is 3.08. The molecule has 178 valence electrons. The lowest BCUT2D eigenvalue weighted by molar-refractivity contribution is -0.127. The van der Waals surface area contributed by atoms with E-state index in [1.54, 1.807) is 31.4 Å². The first-order valence-electron chi connectivity index (χ1n) is 11.0. The Kier molecular flexibility index (Phi) is 7.49. The summed E-state index contributed by atoms with van der Waals surface area (Å²) in [6.07, 6.45) is 3.28. The van der Waals surface area contributed by atoms with Crippen molar-refractivity contribution in [1.82, 2.24) is 19.9 Å². The van der Waals surface area contributed by atoms with Crippen LogP contribution in [0.5, 0.6) is 11.5 Å². The maximum Gasteiger partial charge on any atom is 0.246 e. The number of hydrogen-bond donors (Lipinski definition) is 0. The molecule has 0 saturated carbocycles. The van der Waals surface area contributed by atoms with Crippen LogP contribution in [0.2, 0.25) is 5.02 Å². The smallest absolute Gasteiger partial charge is 0.246 e. The van der Waals surface area contributed by atoms with Gasteiger partial charge < -0.3 is 18.9 Å². The van der Waals surface area contributed by atoms with Crippen molar-refractivity contribution in [2.24, 2.45) is 0 Å². The van der Waals surface area contributed by atoms with Crippen molar-refractivity contribution < 1.29 is 18.8 Å². The lowest BCUT2D eigenvalue weighted by Gasteiger charge is -2.33. The van der Waals surface area contributed by atoms with Crippen molar-refractivity contribution in [3.05, 3.63) is 64.5 Å². The Morgan fingerprint density at radius 2 is 1.85 bits per heavy atom. The number of carbonyl (C=O) groups excluding carboxylic acids is 1. The van der Waals surface area contributed by atoms with Crippen LogP contribution in [0, 0.1) is 6.92 Å². The average molecular weight is 483 g/mol. The number of carbonyl (C=O) groups is 1. The van der Waals surface area contributed by atoms with Gasteiger partial charge in [-0.15, -0.1) is 0 Å². The van der Waals surface area contributed by atoms with E-state index in [4.69, 9.17) is 25.6 Å². The third-order valence-corrected chi connectivity index (χ3v) is 5.98. The van der Waals surface area contributed by atoms with Gasteiger partial charge in [0.15, 0.2) is 11.5 Å². The van der Waals surface area contributed by atoms with E-state index < -0.39 is 0 Å². The number of aryl methyl sites for hydroxylation is 1. The Labute approximate surface area is 203 Å². The summed E-state index contributed by atoms with van der Waals surface area (Å²) in [5.41, 5.74) is 2.87. The van der Waals surface area contributed by atoms with Gasteiger partial charge in [0.2, 0.25) is 17.6 Å². The SMILES string of the molecule is COc1cc(C=CC(=O)N2CCN(Cc3nc(-c4ccc(C)cc4)no3)CC2)cc(Cl)c1OC. The third kappa shape index (κ3) is 5.58. The molecule has 0 spiro atoms. The van der Waals surface area contributed by atoms with Gasteiger partial charge in [0.05, 0.1) is 25.8 Å². The molecule has 34 heavy (non-hydrogen) atoms. The predicted molar refractivity (Wildman–Crippen MR) is 130 cm³/mol. The van der Waals surface area contributed by atoms with Gasteiger partial charge in [0.1, 0.15) is 0 Å². The highest BCUT2D eigenvalue weighted by Gasteiger charge is 2.21. The van der Waals surface area contributed by atoms with Crippen molar-refractivity contribution in [1.29, 1.82) is 0 Å². The van der Waals surface area contributed by atoms with Crippen molar-refractivity contribution >= 4 is 23.6 Å². The molecule has 0 radical (unpaired) electrons. The number of nitrogens with zero attached hydrogens (tertiary/aromatic N) is 4. The molecule has 3 aromatic rings. The minimum Gasteiger partial charge on any atom is -0.493 e. The number of halogens is 1. The minimum absolute atomic E-state index is 0.0509. The highest BCUT2D eigenvalue weighted by Crippen LogP contribution is 2.36. The summed E-state index contributed by atoms with van der Waals surface area (Å²) in [4.78, 5) is 21.2. The second-order valence-corrected chi connectivity index (χ2v) is 8.46. The molecule has 0 aliphatic carbocycles. The van der Waals surface area contributed by atoms with Gasteiger partial charge in [-0.1, -0.05) is 46.6 Å². The third-order valence-electron chi connectivity index (χ3n) is 5.69. The van der Waals surface area contributed by atoms with Crippen molar-refractivity contribution in [2.75, 3.05) is 40.4 Å². The minimum atomic E-state index is -0.0509. The van der Waals surface area contributed by atoms with Crippen molar-refractivity contribution in [3.63, 3.8) is 0 Å². The van der Waals surface area contributed by atoms with Gasteiger partial charge in [-0.25, -0.2) is 0 Å². The molecule has 2 heterocycles. The molecule has 1 fully saturated rings. The molecule has 1 saturated heterocycles. The van der Waals surface area contributed by atoms with E-state index in [0.29, 0.717) is 47.9 Å². The van der Waals surface area contributed by atoms with Crippen LogP contribution in [0.25, 0.3) is 17.5 Å². The van der Waals surface area contributed by atoms with E-state index >= 15 is 0 Å². The van der Waals surface area contributed by atoms with Gasteiger partial charge >= 0.3 is 0 Å². The first-order valence-corrected chi connectivity index (χ1v) is 11.3. The summed E-state index contributed by atoms with van der Waals surface area (Å²) in [5.74, 6) is 2.09. The summed E-state index contributed by atoms with van der Waals surface area (Å²) in [6.45, 7) is 5.29. The summed E-state index contributed by atoms with van der Waals surface area (Å²) >= 11 is 6.25. The molecule has 1 aliphatic heterocycles. The Balaban J connectivity index is 1.30. The molecule has 0 N–H and O–H groups in total. The summed E-state index contributed by atoms with van der Waals surface area (Å²) in [6, 6.07) is 11.5. The van der Waals surface area contributed by atoms with Crippen molar-refractivity contribution in [2.45, 2.75) is 13.5 Å². The predicted octanol–water partition coefficient (Wildman–Crippen LogP) is 4.07. The van der Waals surface area contributed by atoms with Crippen LogP contribution in [-0.4, -0.2) is 66.2 Å². The summed E-state index contributed by atoms with van der Waals surface area (Å²) < 4.78 is 16.0. The second-order valence-electron chi connectivity index (χ2n) is 8.05. The molecule has 4 rings (SSSR count). The number of aromatic nitrogens is 2. The molecule has 8 nitrogen and oxygen atoms in total. The number of piperazine rings is 1. The molecular weight excluding hydrogens is 456 g/mol. The number of benzene rings is 2. The molecule has 0 unspecified atom stereocenters. The van der Waals surface area contributed by atoms with Crippen LogP contribution >= 0.6 is 11.6 Å². The number of rotatable bonds is 7. The Morgan fingerprint density at radius 1 is 1.12 bits per heavy atom. The zero-order chi connectivity index (χ0) is 24.1. The van der Waals surface area contributed by atoms with Gasteiger partial charge in [-0.3, -0.25) is 9.69 Å². The van der Waals surface area contributed by atoms with E-state index in [-0.39, 0.29) is 5.91 Å². The number of amides is 1. The monoisotopic (exact) mass is 482 g/mol. The molecular formula is C25H27ClN4O4. The number of methoxy groups -OCH3 is 2. The Bertz CT molecular complexity index is 1170. The van der Waals surface area contributed by atoms with Crippen molar-refractivity contribution in [3.8, 4) is 22.9 Å². The second kappa shape index (κ2) is 10.7. The standard InChI is InChI=1S/C25H27ClN4O4/c1-17-4-7-19(8-5-17)25-27-22(34-28-25)16-29-10-12-30(13-11-29)23(31)9-6-18-14-20(26)24(33-3)21(15-18)32-2/h4-9,14-15H,10-13,16H2,1-3H3. The first kappa shape index (κ1) is 23.8. The maximum absolute atomic E-state index is 12.7. The summed E-state index contributed by atoms with van der Waals surface area (Å²) in [5, 5.41) is 4.52. The van der Waals surface area contributed by atoms with Crippen LogP contribution in [0.1, 0.15) is 17.0 Å². The lowest BCUT2D eigenvalue weighted by Crippen LogP contribution is -2.47. The van der Waals surface area contributed by atoms with E-state index in [1.165, 1.54) is 12.7 Å². The topological polar surface area (TPSA) is 80.9 Å². The zero-order valence-corrected chi connectivity index (χ0v) is 20.2. The molecule has 1 aromatic heterocycles. The highest BCUT2D eigenvalue weighted by molar-refractivity contribution is 6.32. The first-order chi connectivity index (χ1) is 16.5. The Hall–Kier alpha value is -3.36. The van der Waals surface area contributed by atoms with E-state index in [0.717, 1.165) is 24.2 Å². The van der Waals surface area contributed by atoms with Crippen LogP contribution in [0.3, 0.4) is 0 Å². The maximum atomic E-state index is 12.7. The van der Waals surface area contributed by atoms with Crippen LogP contribution in [0.15, 0.2) is 47.0 Å². The molecule has 1 aliphatic rings. The highest BCUT2D eigenvalue weighted by atomic mass is 35.5. The van der Waals surface area contributed by atoms with E-state index in [1.807, 2.05) is 36.1 Å². The van der Waals surface area contributed by atoms with Gasteiger partial charge in [0, 0.05) is 37.8 Å². The van der Waals surface area contributed by atoms with Gasteiger partial charge in [-0.05, 0) is 30.7 Å². The molecule has 9 heteroatoms. The Morgan fingerprint density at radius 3 is 2.53 bits per heavy atom. The molecule has 2 aromatic carbocycles. The van der Waals surface area contributed by atoms with Crippen LogP contribution in [-0.2, 0) is 11.3 Å². The zero-order valence-electron chi connectivity index (χ0n) is 19.5. The van der Waals surface area contributed by atoms with Gasteiger partial charge in [0.25, 0.3) is 0 Å². The van der Waals surface area contributed by atoms with E-state index in [2.05, 4.69) is 15.0 Å². The fourth-order valence-electron chi connectivity index (χ4n) is 3.76. The number of ether oxygens (including phenoxy) is 2. The lowest BCUT2D eigenvalue weighted by atomic mass is 10.1. The molecule has 0 atom stereocenters. The largest absolute Gasteiger partial charge is 0.493 e. The molecule has 0 bridgehead atoms. The van der Waals surface area contributed by atoms with E-state index in [9.17, 15) is 4.79 Å². The normalized spacial score (nSPS) is 14.5. The fraction of sp³-hybridized carbons (Fsp3) is 0.320. The molecule has 1 amide bonds.